The summed E-state index contributed by atoms with van der Waals surface area (Å²) in [4.78, 5) is 14.5. The Morgan fingerprint density at radius 1 is 1.67 bits per heavy atom. The maximum Gasteiger partial charge on any atom is 0.165 e. The zero-order valence-electron chi connectivity index (χ0n) is 7.97. The lowest BCUT2D eigenvalue weighted by Crippen LogP contribution is -2.16. The van der Waals surface area contributed by atoms with Gasteiger partial charge >= 0.3 is 0 Å². The zero-order chi connectivity index (χ0) is 10.7. The molecule has 1 N–H and O–H groups in total. The zero-order valence-corrected chi connectivity index (χ0v) is 7.97. The van der Waals surface area contributed by atoms with E-state index in [2.05, 4.69) is 10.3 Å². The van der Waals surface area contributed by atoms with Gasteiger partial charge in [-0.3, -0.25) is 4.79 Å². The monoisotopic (exact) mass is 199 g/mol. The van der Waals surface area contributed by atoms with Crippen LogP contribution in [0.5, 0.6) is 0 Å². The minimum Gasteiger partial charge on any atom is -0.375 e. The topological polar surface area (TPSA) is 65.8 Å². The quantitative estimate of drug-likeness (QED) is 0.723. The highest BCUT2D eigenvalue weighted by atomic mass is 16.1. The SMILES string of the molecule is N#Cc1ncccc1C1CC=C(C=O)N1. The van der Waals surface area contributed by atoms with Crippen LogP contribution in [-0.4, -0.2) is 11.3 Å². The molecule has 1 unspecified atom stereocenters. The van der Waals surface area contributed by atoms with Crippen LogP contribution in [0.4, 0.5) is 0 Å². The standard InChI is InChI=1S/C11H9N3O/c12-6-11-9(2-1-5-13-11)10-4-3-8(7-15)14-10/h1-3,5,7,10,14H,4H2. The molecule has 74 valence electrons. The fourth-order valence-corrected chi connectivity index (χ4v) is 1.64. The number of nitrogens with zero attached hydrogens (tertiary/aromatic N) is 2. The Morgan fingerprint density at radius 2 is 2.53 bits per heavy atom. The van der Waals surface area contributed by atoms with E-state index in [1.807, 2.05) is 18.2 Å². The van der Waals surface area contributed by atoms with Gasteiger partial charge in [-0.05, 0) is 12.5 Å². The number of carbonyl (C=O) groups excluding carboxylic acids is 1. The van der Waals surface area contributed by atoms with E-state index >= 15 is 0 Å². The van der Waals surface area contributed by atoms with Crippen molar-refractivity contribution in [3.8, 4) is 6.07 Å². The molecule has 1 aliphatic rings. The van der Waals surface area contributed by atoms with E-state index in [0.717, 1.165) is 11.8 Å². The molecular weight excluding hydrogens is 190 g/mol. The average Bonchev–Trinajstić information content (AvgIpc) is 2.77. The van der Waals surface area contributed by atoms with Crippen LogP contribution in [0.15, 0.2) is 30.1 Å². The van der Waals surface area contributed by atoms with Gasteiger partial charge in [-0.1, -0.05) is 12.1 Å². The number of allylic oxidation sites excluding steroid dienone is 1. The molecule has 4 nitrogen and oxygen atoms in total. The Morgan fingerprint density at radius 3 is 3.20 bits per heavy atom. The van der Waals surface area contributed by atoms with Crippen LogP contribution in [-0.2, 0) is 4.79 Å². The van der Waals surface area contributed by atoms with E-state index in [4.69, 9.17) is 5.26 Å². The number of nitrogens with one attached hydrogen (secondary N) is 1. The van der Waals surface area contributed by atoms with Crippen LogP contribution in [0.3, 0.4) is 0 Å². The molecule has 4 heteroatoms. The summed E-state index contributed by atoms with van der Waals surface area (Å²) in [6, 6.07) is 5.68. The van der Waals surface area contributed by atoms with Crippen molar-refractivity contribution in [3.05, 3.63) is 41.4 Å². The van der Waals surface area contributed by atoms with E-state index in [-0.39, 0.29) is 6.04 Å². The predicted octanol–water partition coefficient (Wildman–Crippen LogP) is 1.07. The first kappa shape index (κ1) is 9.41. The van der Waals surface area contributed by atoms with Crippen molar-refractivity contribution in [3.63, 3.8) is 0 Å². The van der Waals surface area contributed by atoms with Gasteiger partial charge in [-0.25, -0.2) is 4.98 Å². The molecule has 1 aromatic heterocycles. The first-order valence-electron chi connectivity index (χ1n) is 4.62. The Labute approximate surface area is 87.2 Å². The normalized spacial score (nSPS) is 18.9. The molecule has 0 fully saturated rings. The fourth-order valence-electron chi connectivity index (χ4n) is 1.64. The van der Waals surface area contributed by atoms with Crippen LogP contribution >= 0.6 is 0 Å². The summed E-state index contributed by atoms with van der Waals surface area (Å²) in [7, 11) is 0. The van der Waals surface area contributed by atoms with E-state index in [0.29, 0.717) is 17.8 Å². The number of rotatable bonds is 2. The second kappa shape index (κ2) is 3.93. The molecular formula is C11H9N3O. The molecule has 0 aliphatic carbocycles. The Balaban J connectivity index is 2.26. The molecule has 1 atom stereocenters. The minimum absolute atomic E-state index is 0.00597. The van der Waals surface area contributed by atoms with Crippen molar-refractivity contribution in [2.45, 2.75) is 12.5 Å². The van der Waals surface area contributed by atoms with Crippen molar-refractivity contribution in [2.24, 2.45) is 0 Å². The van der Waals surface area contributed by atoms with Crippen molar-refractivity contribution in [1.29, 1.82) is 5.26 Å². The van der Waals surface area contributed by atoms with Gasteiger partial charge in [0.05, 0.1) is 11.7 Å². The molecule has 0 radical (unpaired) electrons. The van der Waals surface area contributed by atoms with Crippen molar-refractivity contribution in [2.75, 3.05) is 0 Å². The van der Waals surface area contributed by atoms with Crippen LogP contribution in [0.2, 0.25) is 0 Å². The second-order valence-corrected chi connectivity index (χ2v) is 3.26. The van der Waals surface area contributed by atoms with Gasteiger partial charge in [-0.15, -0.1) is 0 Å². The molecule has 2 rings (SSSR count). The number of hydrogen-bond donors (Lipinski definition) is 1. The van der Waals surface area contributed by atoms with Gasteiger partial charge in [0.2, 0.25) is 0 Å². The third-order valence-corrected chi connectivity index (χ3v) is 2.36. The van der Waals surface area contributed by atoms with Gasteiger partial charge in [0.1, 0.15) is 11.8 Å². The molecule has 0 spiro atoms. The average molecular weight is 199 g/mol. The van der Waals surface area contributed by atoms with Crippen molar-refractivity contribution < 1.29 is 4.79 Å². The van der Waals surface area contributed by atoms with E-state index in [1.165, 1.54) is 0 Å². The Hall–Kier alpha value is -2.15. The first-order valence-corrected chi connectivity index (χ1v) is 4.62. The minimum atomic E-state index is -0.00597. The highest BCUT2D eigenvalue weighted by Gasteiger charge is 2.20. The van der Waals surface area contributed by atoms with Crippen LogP contribution < -0.4 is 5.32 Å². The summed E-state index contributed by atoms with van der Waals surface area (Å²) in [5.74, 6) is 0. The second-order valence-electron chi connectivity index (χ2n) is 3.26. The number of nitriles is 1. The smallest absolute Gasteiger partial charge is 0.165 e. The third-order valence-electron chi connectivity index (χ3n) is 2.36. The summed E-state index contributed by atoms with van der Waals surface area (Å²) < 4.78 is 0. The lowest BCUT2D eigenvalue weighted by Gasteiger charge is -2.12. The summed E-state index contributed by atoms with van der Waals surface area (Å²) in [6.07, 6.45) is 4.91. The number of aromatic nitrogens is 1. The van der Waals surface area contributed by atoms with Gasteiger partial charge in [0, 0.05) is 11.8 Å². The van der Waals surface area contributed by atoms with E-state index < -0.39 is 0 Å². The van der Waals surface area contributed by atoms with Gasteiger partial charge in [0.25, 0.3) is 0 Å². The number of carbonyl (C=O) groups is 1. The number of pyridine rings is 1. The molecule has 0 saturated carbocycles. The third kappa shape index (κ3) is 1.72. The lowest BCUT2D eigenvalue weighted by molar-refractivity contribution is -0.105. The Kier molecular flexibility index (Phi) is 2.46. The van der Waals surface area contributed by atoms with Crippen molar-refractivity contribution >= 4 is 6.29 Å². The van der Waals surface area contributed by atoms with Gasteiger partial charge < -0.3 is 5.32 Å². The molecule has 1 aromatic rings. The predicted molar refractivity (Wildman–Crippen MR) is 53.6 cm³/mol. The summed E-state index contributed by atoms with van der Waals surface area (Å²) in [5, 5.41) is 11.9. The van der Waals surface area contributed by atoms with Gasteiger partial charge in [-0.2, -0.15) is 5.26 Å². The van der Waals surface area contributed by atoms with E-state index in [1.54, 1.807) is 12.3 Å². The van der Waals surface area contributed by atoms with Crippen LogP contribution in [0.25, 0.3) is 0 Å². The molecule has 0 bridgehead atoms. The molecule has 0 amide bonds. The van der Waals surface area contributed by atoms with Crippen LogP contribution in [0.1, 0.15) is 23.7 Å². The molecule has 15 heavy (non-hydrogen) atoms. The maximum absolute atomic E-state index is 10.5. The summed E-state index contributed by atoms with van der Waals surface area (Å²) in [5.41, 5.74) is 1.83. The molecule has 0 aromatic carbocycles. The number of hydrogen-bond acceptors (Lipinski definition) is 4. The maximum atomic E-state index is 10.5. The molecule has 1 aliphatic heterocycles. The highest BCUT2D eigenvalue weighted by Crippen LogP contribution is 2.25. The van der Waals surface area contributed by atoms with E-state index in [9.17, 15) is 4.79 Å². The van der Waals surface area contributed by atoms with Crippen molar-refractivity contribution in [1.82, 2.24) is 10.3 Å². The van der Waals surface area contributed by atoms with Gasteiger partial charge in [0.15, 0.2) is 6.29 Å². The summed E-state index contributed by atoms with van der Waals surface area (Å²) in [6.45, 7) is 0. The Bertz CT molecular complexity index is 459. The fraction of sp³-hybridized carbons (Fsp3) is 0.182. The first-order chi connectivity index (χ1) is 7.35. The largest absolute Gasteiger partial charge is 0.375 e. The summed E-state index contributed by atoms with van der Waals surface area (Å²) >= 11 is 0. The lowest BCUT2D eigenvalue weighted by atomic mass is 10.0. The molecule has 0 saturated heterocycles. The number of aldehydes is 1. The highest BCUT2D eigenvalue weighted by molar-refractivity contribution is 5.73. The molecule has 2 heterocycles. The van der Waals surface area contributed by atoms with Crippen LogP contribution in [0, 0.1) is 11.3 Å².